The fraction of sp³-hybridized carbons (Fsp3) is 0.562. The summed E-state index contributed by atoms with van der Waals surface area (Å²) in [5.41, 5.74) is 2.42. The molecular weight excluding hydrogens is 296 g/mol. The van der Waals surface area contributed by atoms with Gasteiger partial charge in [-0.25, -0.2) is 4.98 Å². The second-order valence-corrected chi connectivity index (χ2v) is 7.61. The van der Waals surface area contributed by atoms with Crippen molar-refractivity contribution >= 4 is 27.2 Å². The van der Waals surface area contributed by atoms with Crippen LogP contribution < -0.4 is 0 Å². The Hall–Kier alpha value is -1.53. The van der Waals surface area contributed by atoms with Crippen LogP contribution in [0.15, 0.2) is 6.33 Å². The fourth-order valence-electron chi connectivity index (χ4n) is 3.76. The lowest BCUT2D eigenvalue weighted by Crippen LogP contribution is -2.08. The van der Waals surface area contributed by atoms with Crippen LogP contribution >= 0.6 is 11.3 Å². The Morgan fingerprint density at radius 2 is 2.27 bits per heavy atom. The average Bonchev–Trinajstić information content (AvgIpc) is 3.22. The molecule has 0 bridgehead atoms. The number of hydrogen-bond acceptors (Lipinski definition) is 5. The van der Waals surface area contributed by atoms with Crippen molar-refractivity contribution in [3.05, 3.63) is 22.6 Å². The second-order valence-electron chi connectivity index (χ2n) is 6.53. The van der Waals surface area contributed by atoms with Crippen LogP contribution in [-0.4, -0.2) is 26.2 Å². The summed E-state index contributed by atoms with van der Waals surface area (Å²) in [5.74, 6) is 1.68. The lowest BCUT2D eigenvalue weighted by molar-refractivity contribution is 0.104. The van der Waals surface area contributed by atoms with E-state index in [1.807, 2.05) is 22.1 Å². The molecule has 0 saturated carbocycles. The molecule has 1 aliphatic heterocycles. The Kier molecular flexibility index (Phi) is 2.79. The summed E-state index contributed by atoms with van der Waals surface area (Å²) in [5, 5.41) is 10.1. The molecule has 6 heteroatoms. The molecule has 3 aromatic rings. The van der Waals surface area contributed by atoms with E-state index in [9.17, 15) is 0 Å². The molecule has 0 aromatic carbocycles. The normalized spacial score (nSPS) is 25.1. The molecule has 0 N–H and O–H groups in total. The standard InChI is InChI=1S/C16H18N4OS/c1-9-4-5-10-12(7-9)22-16-13(10)15-19-18-14(20(15)8-17-16)11-3-2-6-21-11/h8-9,11H,2-7H2,1H3/t9-,11+/m1/s1. The molecule has 3 aromatic heterocycles. The highest BCUT2D eigenvalue weighted by atomic mass is 32.1. The highest BCUT2D eigenvalue weighted by molar-refractivity contribution is 7.19. The molecule has 2 aliphatic rings. The number of ether oxygens (including phenoxy) is 1. The van der Waals surface area contributed by atoms with Gasteiger partial charge >= 0.3 is 0 Å². The van der Waals surface area contributed by atoms with Crippen molar-refractivity contribution in [2.45, 2.75) is 45.1 Å². The molecule has 0 amide bonds. The largest absolute Gasteiger partial charge is 0.370 e. The van der Waals surface area contributed by atoms with E-state index in [-0.39, 0.29) is 6.10 Å². The van der Waals surface area contributed by atoms with Crippen LogP contribution in [0.3, 0.4) is 0 Å². The van der Waals surface area contributed by atoms with Gasteiger partial charge in [0.25, 0.3) is 0 Å². The molecular formula is C16H18N4OS. The Balaban J connectivity index is 1.74. The summed E-state index contributed by atoms with van der Waals surface area (Å²) < 4.78 is 7.82. The van der Waals surface area contributed by atoms with E-state index in [2.05, 4.69) is 22.1 Å². The average molecular weight is 314 g/mol. The minimum Gasteiger partial charge on any atom is -0.370 e. The van der Waals surface area contributed by atoms with Crippen LogP contribution in [0.2, 0.25) is 0 Å². The van der Waals surface area contributed by atoms with Gasteiger partial charge in [0.15, 0.2) is 11.5 Å². The first-order valence-electron chi connectivity index (χ1n) is 8.06. The number of thiophene rings is 1. The van der Waals surface area contributed by atoms with E-state index in [1.54, 1.807) is 0 Å². The van der Waals surface area contributed by atoms with Crippen LogP contribution in [0, 0.1) is 5.92 Å². The summed E-state index contributed by atoms with van der Waals surface area (Å²) in [4.78, 5) is 7.30. The van der Waals surface area contributed by atoms with Gasteiger partial charge in [-0.05, 0) is 43.6 Å². The van der Waals surface area contributed by atoms with Gasteiger partial charge in [0, 0.05) is 11.5 Å². The molecule has 5 rings (SSSR count). The lowest BCUT2D eigenvalue weighted by atomic mass is 9.89. The van der Waals surface area contributed by atoms with E-state index in [4.69, 9.17) is 4.74 Å². The molecule has 1 fully saturated rings. The smallest absolute Gasteiger partial charge is 0.172 e. The van der Waals surface area contributed by atoms with Crippen LogP contribution in [0.4, 0.5) is 0 Å². The Bertz CT molecular complexity index is 862. The second kappa shape index (κ2) is 4.73. The number of aromatic nitrogens is 4. The third-order valence-electron chi connectivity index (χ3n) is 4.95. The Morgan fingerprint density at radius 1 is 1.32 bits per heavy atom. The zero-order valence-electron chi connectivity index (χ0n) is 12.6. The van der Waals surface area contributed by atoms with Crippen molar-refractivity contribution in [3.63, 3.8) is 0 Å². The molecule has 1 aliphatic carbocycles. The number of rotatable bonds is 1. The van der Waals surface area contributed by atoms with Crippen molar-refractivity contribution in [3.8, 4) is 0 Å². The van der Waals surface area contributed by atoms with Gasteiger partial charge in [-0.1, -0.05) is 6.92 Å². The SMILES string of the molecule is C[C@@H]1CCc2c(sc3ncn4c([C@@H]5CCCO5)nnc4c23)C1. The zero-order valence-corrected chi connectivity index (χ0v) is 13.4. The molecule has 5 nitrogen and oxygen atoms in total. The minimum absolute atomic E-state index is 0.0729. The predicted molar refractivity (Wildman–Crippen MR) is 85.3 cm³/mol. The maximum Gasteiger partial charge on any atom is 0.172 e. The first kappa shape index (κ1) is 13.0. The van der Waals surface area contributed by atoms with E-state index in [1.165, 1.54) is 28.7 Å². The quantitative estimate of drug-likeness (QED) is 0.691. The summed E-state index contributed by atoms with van der Waals surface area (Å²) in [7, 11) is 0. The number of fused-ring (bicyclic) bond motifs is 5. The minimum atomic E-state index is 0.0729. The van der Waals surface area contributed by atoms with Crippen molar-refractivity contribution < 1.29 is 4.74 Å². The third kappa shape index (κ3) is 1.77. The molecule has 2 atom stereocenters. The molecule has 22 heavy (non-hydrogen) atoms. The van der Waals surface area contributed by atoms with Crippen LogP contribution in [0.1, 0.15) is 48.6 Å². The third-order valence-corrected chi connectivity index (χ3v) is 6.11. The first-order valence-corrected chi connectivity index (χ1v) is 8.88. The Labute approximate surface area is 132 Å². The highest BCUT2D eigenvalue weighted by Crippen LogP contribution is 2.39. The van der Waals surface area contributed by atoms with E-state index >= 15 is 0 Å². The van der Waals surface area contributed by atoms with Gasteiger partial charge < -0.3 is 4.74 Å². The zero-order chi connectivity index (χ0) is 14.7. The van der Waals surface area contributed by atoms with Crippen LogP contribution in [0.5, 0.6) is 0 Å². The van der Waals surface area contributed by atoms with Crippen molar-refractivity contribution in [1.82, 2.24) is 19.6 Å². The molecule has 0 radical (unpaired) electrons. The van der Waals surface area contributed by atoms with Crippen molar-refractivity contribution in [1.29, 1.82) is 0 Å². The lowest BCUT2D eigenvalue weighted by Gasteiger charge is -2.17. The summed E-state index contributed by atoms with van der Waals surface area (Å²) >= 11 is 1.84. The van der Waals surface area contributed by atoms with Gasteiger partial charge in [-0.15, -0.1) is 21.5 Å². The van der Waals surface area contributed by atoms with Gasteiger partial charge in [0.1, 0.15) is 17.3 Å². The van der Waals surface area contributed by atoms with Gasteiger partial charge in [-0.3, -0.25) is 4.40 Å². The molecule has 114 valence electrons. The van der Waals surface area contributed by atoms with E-state index in [0.29, 0.717) is 0 Å². The molecule has 1 saturated heterocycles. The maximum absolute atomic E-state index is 5.78. The Morgan fingerprint density at radius 3 is 3.14 bits per heavy atom. The van der Waals surface area contributed by atoms with Crippen molar-refractivity contribution in [2.24, 2.45) is 5.92 Å². The van der Waals surface area contributed by atoms with Gasteiger partial charge in [0.05, 0.1) is 5.39 Å². The number of nitrogens with zero attached hydrogens (tertiary/aromatic N) is 4. The number of aryl methyl sites for hydroxylation is 1. The fourth-order valence-corrected chi connectivity index (χ4v) is 5.10. The maximum atomic E-state index is 5.78. The first-order chi connectivity index (χ1) is 10.8. The number of hydrogen-bond donors (Lipinski definition) is 0. The summed E-state index contributed by atoms with van der Waals surface area (Å²) in [6, 6.07) is 0. The van der Waals surface area contributed by atoms with Gasteiger partial charge in [0.2, 0.25) is 0 Å². The van der Waals surface area contributed by atoms with Crippen LogP contribution in [0.25, 0.3) is 15.9 Å². The highest BCUT2D eigenvalue weighted by Gasteiger charge is 2.27. The molecule has 4 heterocycles. The van der Waals surface area contributed by atoms with E-state index < -0.39 is 0 Å². The molecule has 0 spiro atoms. The predicted octanol–water partition coefficient (Wildman–Crippen LogP) is 3.32. The van der Waals surface area contributed by atoms with Crippen LogP contribution in [-0.2, 0) is 17.6 Å². The monoisotopic (exact) mass is 314 g/mol. The van der Waals surface area contributed by atoms with Crippen molar-refractivity contribution in [2.75, 3.05) is 6.61 Å². The summed E-state index contributed by atoms with van der Waals surface area (Å²) in [6.07, 6.45) is 7.64. The molecule has 0 unspecified atom stereocenters. The van der Waals surface area contributed by atoms with Gasteiger partial charge in [-0.2, -0.15) is 0 Å². The summed E-state index contributed by atoms with van der Waals surface area (Å²) in [6.45, 7) is 3.16. The topological polar surface area (TPSA) is 52.3 Å². The van der Waals surface area contributed by atoms with E-state index in [0.717, 1.165) is 48.1 Å².